The molecule has 4 heteroatoms. The van der Waals surface area contributed by atoms with Gasteiger partial charge in [0.2, 0.25) is 0 Å². The van der Waals surface area contributed by atoms with Gasteiger partial charge in [0, 0.05) is 5.56 Å². The third kappa shape index (κ3) is 2.65. The van der Waals surface area contributed by atoms with Crippen molar-refractivity contribution in [1.82, 2.24) is 9.55 Å². The van der Waals surface area contributed by atoms with Gasteiger partial charge in [0.25, 0.3) is 0 Å². The molecule has 0 amide bonds. The van der Waals surface area contributed by atoms with Crippen LogP contribution in [0.25, 0.3) is 17.1 Å². The summed E-state index contributed by atoms with van der Waals surface area (Å²) < 4.78 is 3.39. The van der Waals surface area contributed by atoms with Crippen molar-refractivity contribution in [3.63, 3.8) is 0 Å². The van der Waals surface area contributed by atoms with E-state index in [0.717, 1.165) is 20.5 Å². The Bertz CT molecular complexity index is 774. The number of benzene rings is 2. The molecule has 0 aliphatic carbocycles. The van der Waals surface area contributed by atoms with Gasteiger partial charge in [-0.15, -0.1) is 0 Å². The topological polar surface area (TPSA) is 17.8 Å². The van der Waals surface area contributed by atoms with Crippen LogP contribution in [-0.2, 0) is 0 Å². The van der Waals surface area contributed by atoms with E-state index >= 15 is 0 Å². The molecule has 2 aromatic carbocycles. The first kappa shape index (κ1) is 14.7. The van der Waals surface area contributed by atoms with E-state index < -0.39 is 0 Å². The fourth-order valence-corrected chi connectivity index (χ4v) is 3.40. The van der Waals surface area contributed by atoms with E-state index in [2.05, 4.69) is 92.7 Å². The molecule has 0 aliphatic heterocycles. The molecular formula is C17H16IN2P. The summed E-state index contributed by atoms with van der Waals surface area (Å²) in [6, 6.07) is 16.7. The van der Waals surface area contributed by atoms with Gasteiger partial charge in [0.1, 0.15) is 9.53 Å². The van der Waals surface area contributed by atoms with E-state index in [4.69, 9.17) is 4.98 Å². The Kier molecular flexibility index (Phi) is 4.14. The maximum atomic E-state index is 4.76. The van der Waals surface area contributed by atoms with Crippen LogP contribution in [0.5, 0.6) is 0 Å². The molecule has 0 saturated heterocycles. The van der Waals surface area contributed by atoms with Crippen LogP contribution in [0, 0.1) is 17.5 Å². The predicted octanol–water partition coefficient (Wildman–Crippen LogP) is 4.26. The molecule has 2 nitrogen and oxygen atoms in total. The van der Waals surface area contributed by atoms with Gasteiger partial charge in [-0.3, -0.25) is 4.57 Å². The number of para-hydroxylation sites is 1. The first-order chi connectivity index (χ1) is 10.1. The van der Waals surface area contributed by atoms with Gasteiger partial charge >= 0.3 is 0 Å². The summed E-state index contributed by atoms with van der Waals surface area (Å²) in [5.74, 6) is 0.988. The average Bonchev–Trinajstić information content (AvgIpc) is 2.77. The highest BCUT2D eigenvalue weighted by Gasteiger charge is 2.18. The molecule has 0 fully saturated rings. The van der Waals surface area contributed by atoms with Crippen molar-refractivity contribution in [2.45, 2.75) is 13.8 Å². The number of nitrogens with zero attached hydrogens (tertiary/aromatic N) is 2. The van der Waals surface area contributed by atoms with Crippen molar-refractivity contribution in [2.24, 2.45) is 0 Å². The fraction of sp³-hybridized carbons (Fsp3) is 0.118. The van der Waals surface area contributed by atoms with E-state index in [1.54, 1.807) is 0 Å². The van der Waals surface area contributed by atoms with Gasteiger partial charge in [-0.05, 0) is 47.6 Å². The second kappa shape index (κ2) is 5.90. The SMILES string of the molecule is Cc1cccc(C)c1-n1c(-c2ccccc2)nc(P)c1I. The summed E-state index contributed by atoms with van der Waals surface area (Å²) in [5, 5.41) is 0. The number of rotatable bonds is 2. The van der Waals surface area contributed by atoms with Crippen LogP contribution < -0.4 is 5.44 Å². The lowest BCUT2D eigenvalue weighted by atomic mass is 10.1. The van der Waals surface area contributed by atoms with Crippen molar-refractivity contribution in [2.75, 3.05) is 0 Å². The Morgan fingerprint density at radius 1 is 0.952 bits per heavy atom. The zero-order valence-electron chi connectivity index (χ0n) is 12.0. The lowest BCUT2D eigenvalue weighted by Crippen LogP contribution is -2.06. The lowest BCUT2D eigenvalue weighted by molar-refractivity contribution is 1.01. The second-order valence-corrected chi connectivity index (χ2v) is 6.62. The summed E-state index contributed by atoms with van der Waals surface area (Å²) in [4.78, 5) is 4.76. The molecule has 1 aromatic heterocycles. The summed E-state index contributed by atoms with van der Waals surface area (Å²) in [6.45, 7) is 4.30. The number of aromatic nitrogens is 2. The van der Waals surface area contributed by atoms with Gasteiger partial charge in [-0.1, -0.05) is 57.8 Å². The van der Waals surface area contributed by atoms with Crippen LogP contribution in [0.3, 0.4) is 0 Å². The molecule has 1 unspecified atom stereocenters. The minimum absolute atomic E-state index is 0.983. The molecule has 21 heavy (non-hydrogen) atoms. The number of aryl methyl sites for hydroxylation is 2. The molecule has 106 valence electrons. The smallest absolute Gasteiger partial charge is 0.146 e. The average molecular weight is 406 g/mol. The molecule has 0 saturated carbocycles. The van der Waals surface area contributed by atoms with Crippen LogP contribution in [0.2, 0.25) is 0 Å². The number of hydrogen-bond donors (Lipinski definition) is 0. The van der Waals surface area contributed by atoms with Crippen molar-refractivity contribution in [3.05, 3.63) is 63.4 Å². The van der Waals surface area contributed by atoms with E-state index in [-0.39, 0.29) is 0 Å². The van der Waals surface area contributed by atoms with Gasteiger partial charge in [0.15, 0.2) is 0 Å². The number of hydrogen-bond acceptors (Lipinski definition) is 1. The summed E-state index contributed by atoms with van der Waals surface area (Å²) in [6.07, 6.45) is 0. The zero-order valence-corrected chi connectivity index (χ0v) is 15.3. The molecule has 0 bridgehead atoms. The standard InChI is InChI=1S/C17H16IN2P/c1-11-7-6-8-12(2)14(11)20-15(18)17(21)19-16(20)13-9-4-3-5-10-13/h3-10H,21H2,1-2H3. The lowest BCUT2D eigenvalue weighted by Gasteiger charge is -2.15. The molecular weight excluding hydrogens is 390 g/mol. The largest absolute Gasteiger partial charge is 0.286 e. The highest BCUT2D eigenvalue weighted by Crippen LogP contribution is 2.28. The minimum Gasteiger partial charge on any atom is -0.286 e. The number of halogens is 1. The highest BCUT2D eigenvalue weighted by atomic mass is 127. The number of imidazole rings is 1. The molecule has 1 atom stereocenters. The second-order valence-electron chi connectivity index (χ2n) is 5.05. The molecule has 0 spiro atoms. The highest BCUT2D eigenvalue weighted by molar-refractivity contribution is 14.1. The van der Waals surface area contributed by atoms with Crippen LogP contribution in [0.1, 0.15) is 11.1 Å². The Morgan fingerprint density at radius 2 is 1.57 bits per heavy atom. The Morgan fingerprint density at radius 3 is 2.19 bits per heavy atom. The van der Waals surface area contributed by atoms with E-state index in [0.29, 0.717) is 0 Å². The van der Waals surface area contributed by atoms with Crippen molar-refractivity contribution < 1.29 is 0 Å². The molecule has 3 aromatic rings. The fourth-order valence-electron chi connectivity index (χ4n) is 2.56. The molecule has 0 N–H and O–H groups in total. The summed E-state index contributed by atoms with van der Waals surface area (Å²) >= 11 is 2.37. The third-order valence-corrected chi connectivity index (χ3v) is 5.57. The zero-order chi connectivity index (χ0) is 15.0. The Labute approximate surface area is 141 Å². The molecule has 0 aliphatic rings. The van der Waals surface area contributed by atoms with Crippen LogP contribution in [-0.4, -0.2) is 9.55 Å². The van der Waals surface area contributed by atoms with Crippen molar-refractivity contribution in [1.29, 1.82) is 0 Å². The monoisotopic (exact) mass is 406 g/mol. The van der Waals surface area contributed by atoms with E-state index in [9.17, 15) is 0 Å². The summed E-state index contributed by atoms with van der Waals surface area (Å²) in [7, 11) is 2.74. The van der Waals surface area contributed by atoms with Crippen LogP contribution in [0.15, 0.2) is 48.5 Å². The normalized spacial score (nSPS) is 10.9. The first-order valence-corrected chi connectivity index (χ1v) is 8.41. The van der Waals surface area contributed by atoms with E-state index in [1.807, 2.05) is 6.07 Å². The van der Waals surface area contributed by atoms with Crippen molar-refractivity contribution >= 4 is 37.3 Å². The molecule has 3 rings (SSSR count). The van der Waals surface area contributed by atoms with E-state index in [1.165, 1.54) is 16.8 Å². The first-order valence-electron chi connectivity index (χ1n) is 6.75. The van der Waals surface area contributed by atoms with Gasteiger partial charge < -0.3 is 0 Å². The van der Waals surface area contributed by atoms with Gasteiger partial charge in [-0.25, -0.2) is 4.98 Å². The Balaban J connectivity index is 2.33. The minimum atomic E-state index is 0.983. The quantitative estimate of drug-likeness (QED) is 0.460. The van der Waals surface area contributed by atoms with Gasteiger partial charge in [0.05, 0.1) is 11.1 Å². The van der Waals surface area contributed by atoms with Crippen LogP contribution in [0.4, 0.5) is 0 Å². The maximum Gasteiger partial charge on any atom is 0.146 e. The van der Waals surface area contributed by atoms with Crippen LogP contribution >= 0.6 is 31.8 Å². The van der Waals surface area contributed by atoms with Gasteiger partial charge in [-0.2, -0.15) is 0 Å². The summed E-state index contributed by atoms with van der Waals surface area (Å²) in [5.41, 5.74) is 5.85. The third-order valence-electron chi connectivity index (χ3n) is 3.54. The Hall–Kier alpha value is -1.19. The maximum absolute atomic E-state index is 4.76. The molecule has 0 radical (unpaired) electrons. The predicted molar refractivity (Wildman–Crippen MR) is 101 cm³/mol. The molecule has 1 heterocycles. The van der Waals surface area contributed by atoms with Crippen molar-refractivity contribution in [3.8, 4) is 17.1 Å².